The van der Waals surface area contributed by atoms with Crippen LogP contribution in [0.3, 0.4) is 0 Å². The number of rotatable bonds is 3. The van der Waals surface area contributed by atoms with Crippen LogP contribution >= 0.6 is 0 Å². The first-order valence-corrected chi connectivity index (χ1v) is 6.73. The zero-order valence-corrected chi connectivity index (χ0v) is 11.2. The highest BCUT2D eigenvalue weighted by atomic mass is 16.2. The van der Waals surface area contributed by atoms with Gasteiger partial charge in [-0.3, -0.25) is 4.79 Å². The van der Waals surface area contributed by atoms with E-state index in [4.69, 9.17) is 0 Å². The Labute approximate surface area is 109 Å². The molecule has 1 heterocycles. The maximum Gasteiger partial charge on any atom is 0.240 e. The van der Waals surface area contributed by atoms with Crippen LogP contribution in [0.4, 0.5) is 0 Å². The molecular weight excluding hydrogens is 224 g/mol. The van der Waals surface area contributed by atoms with E-state index in [0.29, 0.717) is 0 Å². The van der Waals surface area contributed by atoms with E-state index in [1.807, 2.05) is 44.2 Å². The van der Waals surface area contributed by atoms with Gasteiger partial charge in [0.2, 0.25) is 5.91 Å². The van der Waals surface area contributed by atoms with E-state index in [0.717, 1.165) is 31.4 Å². The third-order valence-corrected chi connectivity index (χ3v) is 3.77. The van der Waals surface area contributed by atoms with Crippen LogP contribution in [0.25, 0.3) is 0 Å². The Bertz CT molecular complexity index is 396. The van der Waals surface area contributed by atoms with Gasteiger partial charge in [-0.15, -0.1) is 0 Å². The minimum absolute atomic E-state index is 0.0549. The highest BCUT2D eigenvalue weighted by molar-refractivity contribution is 5.86. The fourth-order valence-electron chi connectivity index (χ4n) is 2.43. The molecule has 0 aromatic heterocycles. The first kappa shape index (κ1) is 13.1. The molecule has 18 heavy (non-hydrogen) atoms. The summed E-state index contributed by atoms with van der Waals surface area (Å²) in [6, 6.07) is 10.1. The van der Waals surface area contributed by atoms with Crippen LogP contribution in [0, 0.1) is 0 Å². The average Bonchev–Trinajstić information content (AvgIpc) is 2.40. The Morgan fingerprint density at radius 3 is 2.67 bits per heavy atom. The van der Waals surface area contributed by atoms with Gasteiger partial charge in [0.25, 0.3) is 0 Å². The molecule has 1 aliphatic heterocycles. The van der Waals surface area contributed by atoms with Crippen molar-refractivity contribution in [3.05, 3.63) is 35.9 Å². The molecule has 1 aromatic carbocycles. The largest absolute Gasteiger partial charge is 0.348 e. The number of hydrogen-bond acceptors (Lipinski definition) is 2. The molecule has 3 heteroatoms. The lowest BCUT2D eigenvalue weighted by atomic mass is 9.89. The lowest BCUT2D eigenvalue weighted by molar-refractivity contribution is -0.128. The first-order valence-electron chi connectivity index (χ1n) is 6.73. The molecule has 1 fully saturated rings. The molecule has 98 valence electrons. The minimum Gasteiger partial charge on any atom is -0.348 e. The van der Waals surface area contributed by atoms with E-state index in [1.54, 1.807) is 0 Å². The van der Waals surface area contributed by atoms with Crippen molar-refractivity contribution >= 4 is 5.91 Å². The van der Waals surface area contributed by atoms with E-state index in [9.17, 15) is 4.79 Å². The summed E-state index contributed by atoms with van der Waals surface area (Å²) in [5.41, 5.74) is 0.742. The summed E-state index contributed by atoms with van der Waals surface area (Å²) < 4.78 is 0. The standard InChI is InChI=1S/C15H22N2O/c1-12(13-8-4-3-5-9-13)17-14(18)15(2)10-6-7-11-16-15/h3-5,8-9,12,16H,6-7,10-11H2,1-2H3,(H,17,18)/t12-,15?/m0/s1. The highest BCUT2D eigenvalue weighted by Crippen LogP contribution is 2.20. The van der Waals surface area contributed by atoms with Crippen LogP contribution in [0.1, 0.15) is 44.7 Å². The highest BCUT2D eigenvalue weighted by Gasteiger charge is 2.34. The molecule has 0 spiro atoms. The molecule has 0 saturated carbocycles. The predicted molar refractivity (Wildman–Crippen MR) is 73.3 cm³/mol. The number of carbonyl (C=O) groups is 1. The van der Waals surface area contributed by atoms with E-state index in [2.05, 4.69) is 10.6 Å². The maximum atomic E-state index is 12.3. The van der Waals surface area contributed by atoms with Crippen molar-refractivity contribution in [2.45, 2.75) is 44.7 Å². The van der Waals surface area contributed by atoms with Crippen LogP contribution < -0.4 is 10.6 Å². The molecular formula is C15H22N2O. The number of carbonyl (C=O) groups excluding carboxylic acids is 1. The zero-order valence-electron chi connectivity index (χ0n) is 11.2. The van der Waals surface area contributed by atoms with E-state index in [-0.39, 0.29) is 11.9 Å². The Hall–Kier alpha value is -1.35. The molecule has 1 amide bonds. The molecule has 0 bridgehead atoms. The Balaban J connectivity index is 1.98. The van der Waals surface area contributed by atoms with Gasteiger partial charge in [0.1, 0.15) is 0 Å². The summed E-state index contributed by atoms with van der Waals surface area (Å²) in [6.07, 6.45) is 3.20. The van der Waals surface area contributed by atoms with Crippen LogP contribution in [0.15, 0.2) is 30.3 Å². The fourth-order valence-corrected chi connectivity index (χ4v) is 2.43. The number of piperidine rings is 1. The van der Waals surface area contributed by atoms with Gasteiger partial charge in [-0.05, 0) is 45.2 Å². The van der Waals surface area contributed by atoms with Gasteiger partial charge in [0.05, 0.1) is 11.6 Å². The fraction of sp³-hybridized carbons (Fsp3) is 0.533. The van der Waals surface area contributed by atoms with Crippen molar-refractivity contribution in [2.75, 3.05) is 6.54 Å². The summed E-state index contributed by atoms with van der Waals surface area (Å²) in [7, 11) is 0. The van der Waals surface area contributed by atoms with Gasteiger partial charge < -0.3 is 10.6 Å². The second kappa shape index (κ2) is 5.53. The van der Waals surface area contributed by atoms with Crippen LogP contribution in [-0.4, -0.2) is 18.0 Å². The molecule has 1 unspecified atom stereocenters. The van der Waals surface area contributed by atoms with Crippen LogP contribution in [-0.2, 0) is 4.79 Å². The van der Waals surface area contributed by atoms with E-state index in [1.165, 1.54) is 0 Å². The summed E-state index contributed by atoms with van der Waals surface area (Å²) in [5.74, 6) is 0.110. The van der Waals surface area contributed by atoms with Crippen LogP contribution in [0.2, 0.25) is 0 Å². The van der Waals surface area contributed by atoms with E-state index >= 15 is 0 Å². The number of nitrogens with one attached hydrogen (secondary N) is 2. The van der Waals surface area contributed by atoms with Crippen molar-refractivity contribution in [3.8, 4) is 0 Å². The molecule has 2 N–H and O–H groups in total. The van der Waals surface area contributed by atoms with Gasteiger partial charge in [0, 0.05) is 0 Å². The van der Waals surface area contributed by atoms with Crippen LogP contribution in [0.5, 0.6) is 0 Å². The molecule has 2 atom stereocenters. The van der Waals surface area contributed by atoms with Crippen molar-refractivity contribution in [1.82, 2.24) is 10.6 Å². The normalized spacial score (nSPS) is 25.4. The molecule has 3 nitrogen and oxygen atoms in total. The number of benzene rings is 1. The van der Waals surface area contributed by atoms with Crippen molar-refractivity contribution < 1.29 is 4.79 Å². The van der Waals surface area contributed by atoms with Crippen molar-refractivity contribution in [2.24, 2.45) is 0 Å². The molecule has 1 aliphatic rings. The van der Waals surface area contributed by atoms with Gasteiger partial charge in [-0.1, -0.05) is 30.3 Å². The second-order valence-corrected chi connectivity index (χ2v) is 5.32. The van der Waals surface area contributed by atoms with Gasteiger partial charge in [-0.2, -0.15) is 0 Å². The van der Waals surface area contributed by atoms with Crippen molar-refractivity contribution in [1.29, 1.82) is 0 Å². The van der Waals surface area contributed by atoms with Gasteiger partial charge >= 0.3 is 0 Å². The third-order valence-electron chi connectivity index (χ3n) is 3.77. The first-order chi connectivity index (χ1) is 8.62. The predicted octanol–water partition coefficient (Wildman–Crippen LogP) is 2.40. The Kier molecular flexibility index (Phi) is 4.02. The lowest BCUT2D eigenvalue weighted by Gasteiger charge is -2.34. The van der Waals surface area contributed by atoms with Crippen molar-refractivity contribution in [3.63, 3.8) is 0 Å². The SMILES string of the molecule is C[C@H](NC(=O)C1(C)CCCCN1)c1ccccc1. The summed E-state index contributed by atoms with van der Waals surface area (Å²) in [4.78, 5) is 12.3. The average molecular weight is 246 g/mol. The summed E-state index contributed by atoms with van der Waals surface area (Å²) in [5, 5.41) is 6.44. The quantitative estimate of drug-likeness (QED) is 0.860. The molecule has 2 rings (SSSR count). The Morgan fingerprint density at radius 2 is 2.06 bits per heavy atom. The monoisotopic (exact) mass is 246 g/mol. The topological polar surface area (TPSA) is 41.1 Å². The molecule has 1 aromatic rings. The molecule has 0 radical (unpaired) electrons. The smallest absolute Gasteiger partial charge is 0.240 e. The Morgan fingerprint density at radius 1 is 1.33 bits per heavy atom. The number of amides is 1. The number of hydrogen-bond donors (Lipinski definition) is 2. The van der Waals surface area contributed by atoms with E-state index < -0.39 is 5.54 Å². The molecule has 1 saturated heterocycles. The summed E-state index contributed by atoms with van der Waals surface area (Å²) in [6.45, 7) is 4.96. The third kappa shape index (κ3) is 2.91. The van der Waals surface area contributed by atoms with Gasteiger partial charge in [0.15, 0.2) is 0 Å². The maximum absolute atomic E-state index is 12.3. The van der Waals surface area contributed by atoms with Gasteiger partial charge in [-0.25, -0.2) is 0 Å². The lowest BCUT2D eigenvalue weighted by Crippen LogP contribution is -2.57. The molecule has 0 aliphatic carbocycles. The summed E-state index contributed by atoms with van der Waals surface area (Å²) >= 11 is 0. The minimum atomic E-state index is -0.401. The zero-order chi connectivity index (χ0) is 13.0. The second-order valence-electron chi connectivity index (χ2n) is 5.32.